The Balaban J connectivity index is 1.54. The van der Waals surface area contributed by atoms with Crippen molar-refractivity contribution in [1.29, 1.82) is 0 Å². The number of halogens is 2. The van der Waals surface area contributed by atoms with E-state index in [9.17, 15) is 14.4 Å². The number of hydrogen-bond donors (Lipinski definition) is 1. The third-order valence-corrected chi connectivity index (χ3v) is 8.13. The van der Waals surface area contributed by atoms with Crippen LogP contribution in [0.3, 0.4) is 0 Å². The quantitative estimate of drug-likeness (QED) is 0.224. The molecule has 4 rings (SSSR count). The summed E-state index contributed by atoms with van der Waals surface area (Å²) in [6.45, 7) is 7.60. The number of benzene rings is 3. The maximum absolute atomic E-state index is 13.2. The van der Waals surface area contributed by atoms with Gasteiger partial charge in [0.25, 0.3) is 11.1 Å². The summed E-state index contributed by atoms with van der Waals surface area (Å²) in [4.78, 5) is 41.9. The molecule has 0 bridgehead atoms. The van der Waals surface area contributed by atoms with Crippen LogP contribution >= 0.6 is 35.0 Å². The molecule has 3 aromatic rings. The number of carbonyl (C=O) groups is 3. The van der Waals surface area contributed by atoms with Crippen molar-refractivity contribution >= 4 is 69.5 Å². The van der Waals surface area contributed by atoms with Gasteiger partial charge in [0.1, 0.15) is 18.9 Å². The summed E-state index contributed by atoms with van der Waals surface area (Å²) in [7, 11) is 0. The predicted molar refractivity (Wildman–Crippen MR) is 168 cm³/mol. The third-order valence-electron chi connectivity index (χ3n) is 6.63. The van der Waals surface area contributed by atoms with Crippen LogP contribution in [0.25, 0.3) is 6.08 Å². The van der Waals surface area contributed by atoms with Gasteiger partial charge >= 0.3 is 0 Å². The summed E-state index contributed by atoms with van der Waals surface area (Å²) in [6.07, 6.45) is 2.51. The lowest BCUT2D eigenvalue weighted by Gasteiger charge is -2.22. The Morgan fingerprint density at radius 2 is 1.73 bits per heavy atom. The summed E-state index contributed by atoms with van der Waals surface area (Å²) < 4.78 is 6.19. The molecule has 1 saturated heterocycles. The average molecular weight is 613 g/mol. The van der Waals surface area contributed by atoms with Crippen molar-refractivity contribution in [2.24, 2.45) is 0 Å². The zero-order chi connectivity index (χ0) is 29.5. The smallest absolute Gasteiger partial charge is 0.294 e. The van der Waals surface area contributed by atoms with E-state index in [1.165, 1.54) is 0 Å². The van der Waals surface area contributed by atoms with Gasteiger partial charge in [-0.05, 0) is 80.1 Å². The van der Waals surface area contributed by atoms with Gasteiger partial charge in [-0.25, -0.2) is 0 Å². The number of imide groups is 1. The molecule has 0 aliphatic carbocycles. The van der Waals surface area contributed by atoms with Crippen molar-refractivity contribution in [2.45, 2.75) is 33.8 Å². The molecule has 10 heteroatoms. The van der Waals surface area contributed by atoms with E-state index in [0.717, 1.165) is 53.0 Å². The lowest BCUT2D eigenvalue weighted by molar-refractivity contribution is -0.127. The van der Waals surface area contributed by atoms with Crippen LogP contribution in [0, 0.1) is 0 Å². The zero-order valence-electron chi connectivity index (χ0n) is 23.1. The van der Waals surface area contributed by atoms with Gasteiger partial charge in [-0.2, -0.15) is 0 Å². The molecule has 7 nitrogen and oxygen atoms in total. The number of aryl methyl sites for hydroxylation is 1. The van der Waals surface area contributed by atoms with Gasteiger partial charge in [0.2, 0.25) is 5.91 Å². The molecule has 0 saturated carbocycles. The fourth-order valence-electron chi connectivity index (χ4n) is 4.29. The Hall–Kier alpha value is -3.46. The van der Waals surface area contributed by atoms with Crippen LogP contribution in [0.5, 0.6) is 5.75 Å². The number of carbonyl (C=O) groups excluding carboxylic acids is 3. The maximum Gasteiger partial charge on any atom is 0.294 e. The second kappa shape index (κ2) is 13.9. The molecule has 3 aromatic carbocycles. The number of nitrogens with one attached hydrogen (secondary N) is 1. The molecule has 41 heavy (non-hydrogen) atoms. The first kappa shape index (κ1) is 30.5. The monoisotopic (exact) mass is 611 g/mol. The number of hydrogen-bond acceptors (Lipinski definition) is 6. The van der Waals surface area contributed by atoms with E-state index in [2.05, 4.69) is 24.1 Å². The van der Waals surface area contributed by atoms with E-state index in [4.69, 9.17) is 27.9 Å². The third kappa shape index (κ3) is 7.64. The largest absolute Gasteiger partial charge is 0.488 e. The Morgan fingerprint density at radius 1 is 1.00 bits per heavy atom. The molecule has 0 unspecified atom stereocenters. The summed E-state index contributed by atoms with van der Waals surface area (Å²) in [5.74, 6) is -0.457. The fourth-order valence-corrected chi connectivity index (χ4v) is 5.58. The molecule has 1 N–H and O–H groups in total. The van der Waals surface area contributed by atoms with Crippen molar-refractivity contribution in [3.63, 3.8) is 0 Å². The lowest BCUT2D eigenvalue weighted by Crippen LogP contribution is -2.36. The highest BCUT2D eigenvalue weighted by atomic mass is 35.5. The zero-order valence-corrected chi connectivity index (χ0v) is 25.4. The van der Waals surface area contributed by atoms with Gasteiger partial charge in [-0.3, -0.25) is 19.3 Å². The molecular formula is C31H31Cl2N3O4S. The number of amides is 3. The number of anilines is 2. The highest BCUT2D eigenvalue weighted by molar-refractivity contribution is 8.18. The molecule has 1 fully saturated rings. The molecule has 1 aliphatic heterocycles. The summed E-state index contributed by atoms with van der Waals surface area (Å²) in [5, 5.41) is 3.25. The normalized spacial score (nSPS) is 14.1. The van der Waals surface area contributed by atoms with Crippen LogP contribution in [-0.2, 0) is 22.6 Å². The van der Waals surface area contributed by atoms with Crippen LogP contribution in [0.2, 0.25) is 10.0 Å². The molecule has 0 atom stereocenters. The first-order valence-corrected chi connectivity index (χ1v) is 14.9. The van der Waals surface area contributed by atoms with Gasteiger partial charge in [0.05, 0.1) is 4.91 Å². The Bertz CT molecular complexity index is 1470. The first-order valence-electron chi connectivity index (χ1n) is 13.3. The van der Waals surface area contributed by atoms with Crippen molar-refractivity contribution in [2.75, 3.05) is 29.9 Å². The van der Waals surface area contributed by atoms with Gasteiger partial charge in [0.15, 0.2) is 0 Å². The van der Waals surface area contributed by atoms with Gasteiger partial charge in [-0.15, -0.1) is 0 Å². The fraction of sp³-hybridized carbons (Fsp3) is 0.258. The number of thioether (sulfide) groups is 1. The highest BCUT2D eigenvalue weighted by Crippen LogP contribution is 2.36. The molecule has 1 heterocycles. The molecule has 214 valence electrons. The minimum Gasteiger partial charge on any atom is -0.488 e. The van der Waals surface area contributed by atoms with Crippen molar-refractivity contribution < 1.29 is 19.1 Å². The Kier molecular flexibility index (Phi) is 10.4. The maximum atomic E-state index is 13.2. The summed E-state index contributed by atoms with van der Waals surface area (Å²) >= 11 is 13.2. The van der Waals surface area contributed by atoms with Gasteiger partial charge < -0.3 is 15.0 Å². The lowest BCUT2D eigenvalue weighted by atomic mass is 10.1. The molecule has 0 radical (unpaired) electrons. The van der Waals surface area contributed by atoms with Crippen molar-refractivity contribution in [3.05, 3.63) is 92.3 Å². The van der Waals surface area contributed by atoms with Gasteiger partial charge in [-0.1, -0.05) is 48.3 Å². The van der Waals surface area contributed by atoms with E-state index in [-0.39, 0.29) is 18.1 Å². The molecule has 3 amide bonds. The SMILES string of the molecule is CCc1ccc(NC(=O)CN2C(=O)S/C(=C/c3ccc(N(CC)CC)cc3OCc3ccc(Cl)cc3Cl)C2=O)cc1. The second-order valence-electron chi connectivity index (χ2n) is 9.29. The summed E-state index contributed by atoms with van der Waals surface area (Å²) in [6, 6.07) is 18.3. The minimum absolute atomic E-state index is 0.180. The molecule has 1 aliphatic rings. The first-order chi connectivity index (χ1) is 19.7. The van der Waals surface area contributed by atoms with Crippen LogP contribution in [0.1, 0.15) is 37.5 Å². The second-order valence-corrected chi connectivity index (χ2v) is 11.1. The Labute approximate surface area is 254 Å². The van der Waals surface area contributed by atoms with E-state index in [0.29, 0.717) is 27.0 Å². The minimum atomic E-state index is -0.531. The van der Waals surface area contributed by atoms with E-state index >= 15 is 0 Å². The predicted octanol–water partition coefficient (Wildman–Crippen LogP) is 7.66. The highest BCUT2D eigenvalue weighted by Gasteiger charge is 2.36. The van der Waals surface area contributed by atoms with Crippen molar-refractivity contribution in [3.8, 4) is 5.75 Å². The molecular weight excluding hydrogens is 581 g/mol. The number of nitrogens with zero attached hydrogens (tertiary/aromatic N) is 2. The van der Waals surface area contributed by atoms with E-state index in [1.807, 2.05) is 37.3 Å². The Morgan fingerprint density at radius 3 is 2.39 bits per heavy atom. The average Bonchev–Trinajstić information content (AvgIpc) is 3.21. The number of ether oxygens (including phenoxy) is 1. The van der Waals surface area contributed by atoms with Crippen LogP contribution in [0.4, 0.5) is 16.2 Å². The number of rotatable bonds is 11. The van der Waals surface area contributed by atoms with Gasteiger partial charge in [0, 0.05) is 51.7 Å². The van der Waals surface area contributed by atoms with Crippen molar-refractivity contribution in [1.82, 2.24) is 4.90 Å². The topological polar surface area (TPSA) is 79.0 Å². The summed E-state index contributed by atoms with van der Waals surface area (Å²) in [5.41, 5.74) is 4.08. The van der Waals surface area contributed by atoms with Crippen LogP contribution in [0.15, 0.2) is 65.6 Å². The van der Waals surface area contributed by atoms with E-state index < -0.39 is 17.1 Å². The molecule has 0 spiro atoms. The standard InChI is InChI=1S/C31H31Cl2N3O4S/c1-4-20-7-12-24(13-8-20)34-29(37)18-36-30(38)28(41-31(36)39)15-21-10-14-25(35(5-2)6-3)17-27(21)40-19-22-9-11-23(32)16-26(22)33/h7-17H,4-6,18-19H2,1-3H3,(H,34,37)/b28-15+. The van der Waals surface area contributed by atoms with Crippen LogP contribution in [-0.4, -0.2) is 41.6 Å². The molecule has 0 aromatic heterocycles. The van der Waals surface area contributed by atoms with Crippen LogP contribution < -0.4 is 15.0 Å². The van der Waals surface area contributed by atoms with E-state index in [1.54, 1.807) is 36.4 Å².